The molecular formula is C10H8BrFO3. The van der Waals surface area contributed by atoms with Crippen molar-refractivity contribution in [2.45, 2.75) is 6.92 Å². The van der Waals surface area contributed by atoms with Crippen LogP contribution in [-0.2, 0) is 4.74 Å². The number of carbonyl (C=O) groups excluding carboxylic acids is 2. The van der Waals surface area contributed by atoms with Gasteiger partial charge in [0, 0.05) is 10.0 Å². The maximum absolute atomic E-state index is 13.4. The molecule has 0 aromatic heterocycles. The normalized spacial score (nSPS) is 9.80. The van der Waals surface area contributed by atoms with E-state index in [2.05, 4.69) is 20.7 Å². The van der Waals surface area contributed by atoms with Crippen LogP contribution in [-0.4, -0.2) is 18.9 Å². The zero-order chi connectivity index (χ0) is 11.4. The number of hydrogen-bond donors (Lipinski definition) is 0. The molecule has 0 spiro atoms. The molecule has 5 heteroatoms. The van der Waals surface area contributed by atoms with E-state index >= 15 is 0 Å². The van der Waals surface area contributed by atoms with Crippen LogP contribution in [0.3, 0.4) is 0 Å². The number of hydrogen-bond acceptors (Lipinski definition) is 3. The summed E-state index contributed by atoms with van der Waals surface area (Å²) in [4.78, 5) is 21.7. The Labute approximate surface area is 94.4 Å². The molecule has 0 heterocycles. The first-order valence-corrected chi connectivity index (χ1v) is 5.00. The van der Waals surface area contributed by atoms with Gasteiger partial charge in [-0.05, 0) is 35.0 Å². The zero-order valence-corrected chi connectivity index (χ0v) is 9.51. The van der Waals surface area contributed by atoms with Crippen LogP contribution >= 0.6 is 15.9 Å². The van der Waals surface area contributed by atoms with Gasteiger partial charge in [0.05, 0.1) is 6.61 Å². The zero-order valence-electron chi connectivity index (χ0n) is 7.92. The SMILES string of the molecule is CCOC(=O)c1c(F)cc(C=O)cc1Br. The largest absolute Gasteiger partial charge is 0.462 e. The Bertz CT molecular complexity index is 381. The standard InChI is InChI=1S/C10H8BrFO3/c1-2-15-10(14)9-7(11)3-6(5-13)4-8(9)12/h3-5H,2H2,1H3. The van der Waals surface area contributed by atoms with Crippen LogP contribution in [0.4, 0.5) is 4.39 Å². The van der Waals surface area contributed by atoms with Crippen molar-refractivity contribution in [3.63, 3.8) is 0 Å². The number of aldehydes is 1. The minimum Gasteiger partial charge on any atom is -0.462 e. The first-order valence-electron chi connectivity index (χ1n) is 4.21. The second kappa shape index (κ2) is 5.02. The van der Waals surface area contributed by atoms with E-state index in [1.165, 1.54) is 6.07 Å². The Morgan fingerprint density at radius 1 is 1.60 bits per heavy atom. The fourth-order valence-corrected chi connectivity index (χ4v) is 1.67. The lowest BCUT2D eigenvalue weighted by atomic mass is 10.1. The van der Waals surface area contributed by atoms with Crippen molar-refractivity contribution in [1.29, 1.82) is 0 Å². The number of benzene rings is 1. The third kappa shape index (κ3) is 2.62. The molecule has 0 radical (unpaired) electrons. The van der Waals surface area contributed by atoms with Crippen molar-refractivity contribution in [3.05, 3.63) is 33.5 Å². The van der Waals surface area contributed by atoms with Gasteiger partial charge in [-0.15, -0.1) is 0 Å². The number of halogens is 2. The van der Waals surface area contributed by atoms with Crippen molar-refractivity contribution in [2.75, 3.05) is 6.61 Å². The van der Waals surface area contributed by atoms with Crippen LogP contribution in [0.25, 0.3) is 0 Å². The van der Waals surface area contributed by atoms with Gasteiger partial charge in [0.1, 0.15) is 17.7 Å². The molecule has 0 saturated heterocycles. The first kappa shape index (κ1) is 11.8. The minimum atomic E-state index is -0.773. The van der Waals surface area contributed by atoms with Gasteiger partial charge >= 0.3 is 5.97 Å². The molecule has 3 nitrogen and oxygen atoms in total. The van der Waals surface area contributed by atoms with Crippen LogP contribution in [0.15, 0.2) is 16.6 Å². The van der Waals surface area contributed by atoms with Crippen LogP contribution in [0.1, 0.15) is 27.6 Å². The molecule has 0 amide bonds. The van der Waals surface area contributed by atoms with Crippen LogP contribution in [0.5, 0.6) is 0 Å². The molecule has 15 heavy (non-hydrogen) atoms. The second-order valence-corrected chi connectivity index (χ2v) is 3.55. The Balaban J connectivity index is 3.19. The second-order valence-electron chi connectivity index (χ2n) is 2.70. The molecule has 0 aliphatic rings. The van der Waals surface area contributed by atoms with Crippen LogP contribution in [0.2, 0.25) is 0 Å². The Morgan fingerprint density at radius 3 is 2.73 bits per heavy atom. The average molecular weight is 275 g/mol. The lowest BCUT2D eigenvalue weighted by molar-refractivity contribution is 0.0519. The molecule has 0 bridgehead atoms. The molecule has 0 fully saturated rings. The summed E-state index contributed by atoms with van der Waals surface area (Å²) < 4.78 is 18.3. The van der Waals surface area contributed by atoms with Crippen molar-refractivity contribution in [3.8, 4) is 0 Å². The fraction of sp³-hybridized carbons (Fsp3) is 0.200. The number of rotatable bonds is 3. The maximum atomic E-state index is 13.4. The molecule has 1 aromatic rings. The smallest absolute Gasteiger partial charge is 0.342 e. The predicted molar refractivity (Wildman–Crippen MR) is 55.4 cm³/mol. The molecule has 0 N–H and O–H groups in total. The molecule has 0 aliphatic heterocycles. The summed E-state index contributed by atoms with van der Waals surface area (Å²) in [6, 6.07) is 2.35. The fourth-order valence-electron chi connectivity index (χ4n) is 1.06. The number of carbonyl (C=O) groups is 2. The molecule has 0 saturated carbocycles. The third-order valence-corrected chi connectivity index (χ3v) is 2.31. The highest BCUT2D eigenvalue weighted by molar-refractivity contribution is 9.10. The van der Waals surface area contributed by atoms with E-state index < -0.39 is 11.8 Å². The Kier molecular flexibility index (Phi) is 3.96. The van der Waals surface area contributed by atoms with Gasteiger partial charge in [0.2, 0.25) is 0 Å². The van der Waals surface area contributed by atoms with Crippen LogP contribution in [0, 0.1) is 5.82 Å². The summed E-state index contributed by atoms with van der Waals surface area (Å²) in [5.41, 5.74) is -0.0325. The number of esters is 1. The Hall–Kier alpha value is -1.23. The number of ether oxygens (including phenoxy) is 1. The summed E-state index contributed by atoms with van der Waals surface area (Å²) in [5, 5.41) is 0. The lowest BCUT2D eigenvalue weighted by Crippen LogP contribution is -2.08. The van der Waals surface area contributed by atoms with Gasteiger partial charge in [0.15, 0.2) is 0 Å². The molecule has 1 aromatic carbocycles. The van der Waals surface area contributed by atoms with Gasteiger partial charge in [0.25, 0.3) is 0 Å². The quantitative estimate of drug-likeness (QED) is 0.629. The van der Waals surface area contributed by atoms with Crippen LogP contribution < -0.4 is 0 Å². The van der Waals surface area contributed by atoms with E-state index in [0.29, 0.717) is 6.29 Å². The molecule has 0 atom stereocenters. The third-order valence-electron chi connectivity index (χ3n) is 1.68. The summed E-state index contributed by atoms with van der Waals surface area (Å²) in [6.07, 6.45) is 0.503. The average Bonchev–Trinajstić information content (AvgIpc) is 2.16. The van der Waals surface area contributed by atoms with Gasteiger partial charge in [-0.3, -0.25) is 4.79 Å². The summed E-state index contributed by atoms with van der Waals surface area (Å²) >= 11 is 3.01. The van der Waals surface area contributed by atoms with Crippen molar-refractivity contribution >= 4 is 28.2 Å². The van der Waals surface area contributed by atoms with Gasteiger partial charge in [-0.1, -0.05) is 0 Å². The van der Waals surface area contributed by atoms with Gasteiger partial charge in [-0.2, -0.15) is 0 Å². The molecule has 1 rings (SSSR count). The minimum absolute atomic E-state index is 0.160. The summed E-state index contributed by atoms with van der Waals surface area (Å²) in [7, 11) is 0. The monoisotopic (exact) mass is 274 g/mol. The van der Waals surface area contributed by atoms with E-state index in [4.69, 9.17) is 0 Å². The molecule has 0 unspecified atom stereocenters. The van der Waals surface area contributed by atoms with Gasteiger partial charge < -0.3 is 4.74 Å². The van der Waals surface area contributed by atoms with Crippen molar-refractivity contribution < 1.29 is 18.7 Å². The highest BCUT2D eigenvalue weighted by Gasteiger charge is 2.17. The topological polar surface area (TPSA) is 43.4 Å². The van der Waals surface area contributed by atoms with E-state index in [1.54, 1.807) is 6.92 Å². The Morgan fingerprint density at radius 2 is 2.27 bits per heavy atom. The van der Waals surface area contributed by atoms with E-state index in [0.717, 1.165) is 6.07 Å². The molecule has 80 valence electrons. The maximum Gasteiger partial charge on any atom is 0.342 e. The summed E-state index contributed by atoms with van der Waals surface area (Å²) in [6.45, 7) is 1.80. The molecular weight excluding hydrogens is 267 g/mol. The van der Waals surface area contributed by atoms with E-state index in [-0.39, 0.29) is 22.2 Å². The first-order chi connectivity index (χ1) is 7.10. The molecule has 0 aliphatic carbocycles. The van der Waals surface area contributed by atoms with Crippen molar-refractivity contribution in [1.82, 2.24) is 0 Å². The van der Waals surface area contributed by atoms with E-state index in [9.17, 15) is 14.0 Å². The highest BCUT2D eigenvalue weighted by atomic mass is 79.9. The predicted octanol–water partition coefficient (Wildman–Crippen LogP) is 2.58. The summed E-state index contributed by atoms with van der Waals surface area (Å²) in [5.74, 6) is -1.52. The van der Waals surface area contributed by atoms with Gasteiger partial charge in [-0.25, -0.2) is 9.18 Å². The lowest BCUT2D eigenvalue weighted by Gasteiger charge is -2.05. The van der Waals surface area contributed by atoms with Crippen molar-refractivity contribution in [2.24, 2.45) is 0 Å². The van der Waals surface area contributed by atoms with E-state index in [1.807, 2.05) is 0 Å². The highest BCUT2D eigenvalue weighted by Crippen LogP contribution is 2.22.